The maximum absolute atomic E-state index is 14.0. The minimum Gasteiger partial charge on any atom is -0.494 e. The third-order valence-corrected chi connectivity index (χ3v) is 9.20. The van der Waals surface area contributed by atoms with Crippen LogP contribution in [0, 0.1) is 0 Å². The third-order valence-electron chi connectivity index (χ3n) is 6.67. The number of nitrogens with zero attached hydrogens (tertiary/aromatic N) is 2. The molecule has 5 rings (SSSR count). The number of allylic oxidation sites excluding steroid dienone is 1. The minimum absolute atomic E-state index is 0.206. The number of benzene rings is 3. The maximum Gasteiger partial charge on any atom is 0.338 e. The predicted octanol–water partition coefficient (Wildman–Crippen LogP) is 6.95. The van der Waals surface area contributed by atoms with Gasteiger partial charge in [-0.25, -0.2) is 9.79 Å². The van der Waals surface area contributed by atoms with Gasteiger partial charge in [0.15, 0.2) is 4.80 Å². The smallest absolute Gasteiger partial charge is 0.338 e. The lowest BCUT2D eigenvalue weighted by molar-refractivity contribution is -0.139. The summed E-state index contributed by atoms with van der Waals surface area (Å²) >= 11 is 14.8. The van der Waals surface area contributed by atoms with Crippen molar-refractivity contribution in [1.29, 1.82) is 0 Å². The zero-order chi connectivity index (χ0) is 30.7. The monoisotopic (exact) mass is 744 g/mol. The fourth-order valence-electron chi connectivity index (χ4n) is 4.74. The third kappa shape index (κ3) is 6.67. The first kappa shape index (κ1) is 31.3. The largest absolute Gasteiger partial charge is 0.494 e. The molecule has 0 fully saturated rings. The minimum atomic E-state index is -0.702. The molecule has 0 N–H and O–H groups in total. The summed E-state index contributed by atoms with van der Waals surface area (Å²) in [6.45, 7) is 6.46. The van der Waals surface area contributed by atoms with Crippen LogP contribution < -0.4 is 24.4 Å². The molecular formula is C32H27Br2ClN2O5S. The van der Waals surface area contributed by atoms with Crippen molar-refractivity contribution in [2.45, 2.75) is 33.4 Å². The van der Waals surface area contributed by atoms with Crippen LogP contribution in [0.25, 0.3) is 6.08 Å². The number of hydrogen-bond donors (Lipinski definition) is 0. The van der Waals surface area contributed by atoms with E-state index in [2.05, 4.69) is 36.9 Å². The topological polar surface area (TPSA) is 79.1 Å². The van der Waals surface area contributed by atoms with Gasteiger partial charge in [-0.1, -0.05) is 53.3 Å². The van der Waals surface area contributed by atoms with Crippen LogP contribution in [0.4, 0.5) is 0 Å². The van der Waals surface area contributed by atoms with Crippen molar-refractivity contribution >= 4 is 66.8 Å². The average molecular weight is 747 g/mol. The molecule has 0 bridgehead atoms. The van der Waals surface area contributed by atoms with Crippen molar-refractivity contribution in [2.24, 2.45) is 4.99 Å². The fourth-order valence-corrected chi connectivity index (χ4v) is 7.43. The molecule has 222 valence electrons. The summed E-state index contributed by atoms with van der Waals surface area (Å²) in [4.78, 5) is 32.2. The molecular weight excluding hydrogens is 720 g/mol. The number of aromatic nitrogens is 1. The van der Waals surface area contributed by atoms with E-state index in [1.807, 2.05) is 67.6 Å². The van der Waals surface area contributed by atoms with E-state index in [0.29, 0.717) is 59.3 Å². The second kappa shape index (κ2) is 13.6. The van der Waals surface area contributed by atoms with Gasteiger partial charge in [0.05, 0.1) is 44.0 Å². The van der Waals surface area contributed by atoms with Gasteiger partial charge >= 0.3 is 5.97 Å². The van der Waals surface area contributed by atoms with E-state index in [4.69, 9.17) is 25.8 Å². The van der Waals surface area contributed by atoms with Crippen molar-refractivity contribution in [1.82, 2.24) is 4.57 Å². The van der Waals surface area contributed by atoms with Crippen molar-refractivity contribution < 1.29 is 19.0 Å². The Bertz CT molecular complexity index is 1880. The molecule has 0 spiro atoms. The summed E-state index contributed by atoms with van der Waals surface area (Å²) in [5.74, 6) is 0.813. The van der Waals surface area contributed by atoms with Gasteiger partial charge in [0.1, 0.15) is 18.1 Å². The van der Waals surface area contributed by atoms with E-state index >= 15 is 0 Å². The average Bonchev–Trinajstić information content (AvgIpc) is 3.27. The number of halogens is 3. The van der Waals surface area contributed by atoms with Gasteiger partial charge < -0.3 is 14.2 Å². The van der Waals surface area contributed by atoms with E-state index in [0.717, 1.165) is 16.7 Å². The molecule has 7 nitrogen and oxygen atoms in total. The predicted molar refractivity (Wildman–Crippen MR) is 176 cm³/mol. The van der Waals surface area contributed by atoms with Crippen LogP contribution in [0.3, 0.4) is 0 Å². The first-order chi connectivity index (χ1) is 20.7. The second-order valence-electron chi connectivity index (χ2n) is 9.50. The van der Waals surface area contributed by atoms with Gasteiger partial charge in [-0.05, 0) is 100 Å². The Hall–Kier alpha value is -3.18. The molecule has 1 aliphatic heterocycles. The Morgan fingerprint density at radius 3 is 2.40 bits per heavy atom. The van der Waals surface area contributed by atoms with Gasteiger partial charge in [-0.2, -0.15) is 0 Å². The van der Waals surface area contributed by atoms with E-state index in [1.54, 1.807) is 24.5 Å². The number of carbonyl (C=O) groups is 1. The van der Waals surface area contributed by atoms with E-state index in [1.165, 1.54) is 11.3 Å². The fraction of sp³-hybridized carbons (Fsp3) is 0.219. The number of hydrogen-bond acceptors (Lipinski definition) is 7. The molecule has 0 saturated carbocycles. The summed E-state index contributed by atoms with van der Waals surface area (Å²) in [6, 6.07) is 18.0. The summed E-state index contributed by atoms with van der Waals surface area (Å²) < 4.78 is 20.5. The normalized spacial score (nSPS) is 14.7. The zero-order valence-electron chi connectivity index (χ0n) is 23.5. The van der Waals surface area contributed by atoms with Gasteiger partial charge in [0.25, 0.3) is 5.56 Å². The Kier molecular flexibility index (Phi) is 9.91. The molecule has 3 aromatic carbocycles. The van der Waals surface area contributed by atoms with Crippen molar-refractivity contribution in [3.05, 3.63) is 122 Å². The van der Waals surface area contributed by atoms with Crippen LogP contribution in [-0.4, -0.2) is 23.8 Å². The van der Waals surface area contributed by atoms with Gasteiger partial charge in [0, 0.05) is 10.6 Å². The lowest BCUT2D eigenvalue weighted by atomic mass is 9.96. The standard InChI is InChI=1S/C32H27Br2ClN2O5S/c1-4-40-22-12-10-20(11-13-22)28-27(31(39)41-5-2)18(3)36-32-37(28)30(38)26(43-32)16-19-14-23(33)29(24(34)15-19)42-17-21-8-6-7-9-25(21)35/h6-16,28H,4-5,17H2,1-3H3/b26-16-/t28-/m1/s1. The maximum atomic E-state index is 14.0. The molecule has 1 atom stereocenters. The number of ether oxygens (including phenoxy) is 3. The van der Waals surface area contributed by atoms with Crippen LogP contribution in [0.5, 0.6) is 11.5 Å². The molecule has 1 aromatic heterocycles. The highest BCUT2D eigenvalue weighted by atomic mass is 79.9. The van der Waals surface area contributed by atoms with Crippen LogP contribution in [0.2, 0.25) is 5.02 Å². The molecule has 0 unspecified atom stereocenters. The molecule has 43 heavy (non-hydrogen) atoms. The van der Waals surface area contributed by atoms with Crippen LogP contribution in [0.1, 0.15) is 43.5 Å². The highest BCUT2D eigenvalue weighted by Gasteiger charge is 2.33. The molecule has 0 radical (unpaired) electrons. The molecule has 1 aliphatic rings. The quantitative estimate of drug-likeness (QED) is 0.173. The summed E-state index contributed by atoms with van der Waals surface area (Å²) in [5.41, 5.74) is 2.97. The highest BCUT2D eigenvalue weighted by molar-refractivity contribution is 9.11. The molecule has 11 heteroatoms. The first-order valence-electron chi connectivity index (χ1n) is 13.5. The van der Waals surface area contributed by atoms with Crippen LogP contribution in [0.15, 0.2) is 90.7 Å². The molecule has 0 saturated heterocycles. The number of rotatable bonds is 9. The van der Waals surface area contributed by atoms with Crippen molar-refractivity contribution in [3.63, 3.8) is 0 Å². The Labute approximate surface area is 274 Å². The molecule has 4 aromatic rings. The lowest BCUT2D eigenvalue weighted by Gasteiger charge is -2.24. The van der Waals surface area contributed by atoms with E-state index in [-0.39, 0.29) is 12.2 Å². The van der Waals surface area contributed by atoms with Gasteiger partial charge in [-0.15, -0.1) is 0 Å². The number of fused-ring (bicyclic) bond motifs is 1. The summed E-state index contributed by atoms with van der Waals surface area (Å²) in [6.07, 6.45) is 1.80. The SMILES string of the molecule is CCOC(=O)C1=C(C)N=c2s/c(=C\c3cc(Br)c(OCc4ccccc4Cl)c(Br)c3)c(=O)n2[C@@H]1c1ccc(OCC)cc1. The first-order valence-corrected chi connectivity index (χ1v) is 16.3. The molecule has 2 heterocycles. The Morgan fingerprint density at radius 2 is 1.74 bits per heavy atom. The van der Waals surface area contributed by atoms with Crippen molar-refractivity contribution in [2.75, 3.05) is 13.2 Å². The van der Waals surface area contributed by atoms with Crippen molar-refractivity contribution in [3.8, 4) is 11.5 Å². The summed E-state index contributed by atoms with van der Waals surface area (Å²) in [7, 11) is 0. The number of esters is 1. The van der Waals surface area contributed by atoms with Crippen LogP contribution in [-0.2, 0) is 16.1 Å². The molecule has 0 aliphatic carbocycles. The number of thiazole rings is 1. The second-order valence-corrected chi connectivity index (χ2v) is 12.6. The highest BCUT2D eigenvalue weighted by Crippen LogP contribution is 2.36. The lowest BCUT2D eigenvalue weighted by Crippen LogP contribution is -2.39. The van der Waals surface area contributed by atoms with E-state index in [9.17, 15) is 9.59 Å². The van der Waals surface area contributed by atoms with Gasteiger partial charge in [0.2, 0.25) is 0 Å². The zero-order valence-corrected chi connectivity index (χ0v) is 28.3. The molecule has 0 amide bonds. The van der Waals surface area contributed by atoms with Crippen LogP contribution >= 0.6 is 54.8 Å². The Morgan fingerprint density at radius 1 is 1.05 bits per heavy atom. The number of carbonyl (C=O) groups excluding carboxylic acids is 1. The summed E-state index contributed by atoms with van der Waals surface area (Å²) in [5, 5.41) is 0.631. The van der Waals surface area contributed by atoms with Gasteiger partial charge in [-0.3, -0.25) is 9.36 Å². The Balaban J connectivity index is 1.55. The van der Waals surface area contributed by atoms with E-state index < -0.39 is 12.0 Å².